The van der Waals surface area contributed by atoms with Gasteiger partial charge in [0.1, 0.15) is 22.5 Å². The van der Waals surface area contributed by atoms with E-state index in [-0.39, 0.29) is 42.2 Å². The minimum Gasteiger partial charge on any atom is -0.493 e. The Morgan fingerprint density at radius 1 is 0.880 bits per heavy atom. The SMILES string of the molecule is CCN1C(=O)C(C)(C)C(=O)N(C)c2cc(OCCCN(CCn3ccc4oc(-c5ccccc5)cc4c3=O)Cc3ccncc3)ccc21.Cl.Cl. The molecule has 1 aliphatic heterocycles. The number of carbonyl (C=O) groups excluding carboxylic acids is 2. The number of rotatable bonds is 12. The zero-order valence-electron chi connectivity index (χ0n) is 28.7. The van der Waals surface area contributed by atoms with Crippen molar-refractivity contribution in [3.63, 3.8) is 0 Å². The molecule has 2 aromatic carbocycles. The predicted octanol–water partition coefficient (Wildman–Crippen LogP) is 6.83. The molecule has 0 radical (unpaired) electrons. The second kappa shape index (κ2) is 16.4. The molecule has 1 aliphatic rings. The van der Waals surface area contributed by atoms with Crippen molar-refractivity contribution in [2.24, 2.45) is 5.41 Å². The lowest BCUT2D eigenvalue weighted by atomic mass is 9.90. The standard InChI is InChI=1S/C38H41N5O5.2ClH/c1-5-43-31-13-12-29(24-32(31)40(4)36(45)38(2,3)37(43)46)47-23-9-19-41(26-27-14-17-39-18-15-27)21-22-42-20-16-33-30(35(42)44)25-34(48-33)28-10-7-6-8-11-28;;/h6-8,10-18,20,24-25H,5,9,19,21-23,26H2,1-4H3;2*1H. The summed E-state index contributed by atoms with van der Waals surface area (Å²) in [6.07, 6.45) is 6.10. The molecule has 2 amide bonds. The molecule has 0 N–H and O–H groups in total. The predicted molar refractivity (Wildman–Crippen MR) is 202 cm³/mol. The van der Waals surface area contributed by atoms with Gasteiger partial charge in [0.05, 0.1) is 23.4 Å². The van der Waals surface area contributed by atoms with Gasteiger partial charge in [-0.15, -0.1) is 24.8 Å². The number of anilines is 2. The molecule has 0 unspecified atom stereocenters. The second-order valence-corrected chi connectivity index (χ2v) is 12.6. The molecule has 0 atom stereocenters. The summed E-state index contributed by atoms with van der Waals surface area (Å²) in [6.45, 7) is 8.77. The highest BCUT2D eigenvalue weighted by Crippen LogP contribution is 2.40. The van der Waals surface area contributed by atoms with E-state index < -0.39 is 5.41 Å². The number of hydrogen-bond acceptors (Lipinski definition) is 7. The molecular weight excluding hydrogens is 677 g/mol. The van der Waals surface area contributed by atoms with Crippen LogP contribution in [0.5, 0.6) is 5.75 Å². The molecule has 5 aromatic rings. The van der Waals surface area contributed by atoms with Gasteiger partial charge in [-0.1, -0.05) is 30.3 Å². The molecule has 0 saturated carbocycles. The largest absolute Gasteiger partial charge is 0.493 e. The summed E-state index contributed by atoms with van der Waals surface area (Å²) in [5.74, 6) is 0.836. The average molecular weight is 721 g/mol. The number of fused-ring (bicyclic) bond motifs is 2. The van der Waals surface area contributed by atoms with E-state index >= 15 is 0 Å². The molecule has 10 nitrogen and oxygen atoms in total. The first-order chi connectivity index (χ1) is 23.2. The molecule has 50 heavy (non-hydrogen) atoms. The summed E-state index contributed by atoms with van der Waals surface area (Å²) in [4.78, 5) is 49.5. The van der Waals surface area contributed by atoms with Crippen molar-refractivity contribution >= 4 is 59.0 Å². The Morgan fingerprint density at radius 3 is 2.34 bits per heavy atom. The Bertz CT molecular complexity index is 1980. The van der Waals surface area contributed by atoms with Gasteiger partial charge in [-0.05, 0) is 69.2 Å². The lowest BCUT2D eigenvalue weighted by molar-refractivity contribution is -0.137. The van der Waals surface area contributed by atoms with Crippen molar-refractivity contribution in [3.8, 4) is 17.1 Å². The summed E-state index contributed by atoms with van der Waals surface area (Å²) >= 11 is 0. The summed E-state index contributed by atoms with van der Waals surface area (Å²) in [5, 5.41) is 0.563. The maximum absolute atomic E-state index is 13.4. The molecular formula is C38H43Cl2N5O5. The number of carbonyl (C=O) groups is 2. The highest BCUT2D eigenvalue weighted by Gasteiger charge is 2.45. The van der Waals surface area contributed by atoms with Gasteiger partial charge in [0, 0.05) is 70.0 Å². The summed E-state index contributed by atoms with van der Waals surface area (Å²) in [6, 6.07) is 23.0. The minimum atomic E-state index is -1.16. The van der Waals surface area contributed by atoms with Crippen LogP contribution >= 0.6 is 24.8 Å². The first-order valence-corrected chi connectivity index (χ1v) is 16.3. The molecule has 264 valence electrons. The van der Waals surface area contributed by atoms with Gasteiger partial charge in [0.2, 0.25) is 11.8 Å². The Kier molecular flexibility index (Phi) is 12.5. The number of furan rings is 1. The van der Waals surface area contributed by atoms with Crippen molar-refractivity contribution < 1.29 is 18.7 Å². The van der Waals surface area contributed by atoms with Gasteiger partial charge in [-0.25, -0.2) is 0 Å². The number of benzene rings is 2. The van der Waals surface area contributed by atoms with Gasteiger partial charge >= 0.3 is 0 Å². The van der Waals surface area contributed by atoms with Crippen LogP contribution in [0.1, 0.15) is 32.8 Å². The number of nitrogens with zero attached hydrogens (tertiary/aromatic N) is 5. The van der Waals surface area contributed by atoms with Crippen molar-refractivity contribution in [1.29, 1.82) is 0 Å². The highest BCUT2D eigenvalue weighted by atomic mass is 35.5. The molecule has 0 fully saturated rings. The lowest BCUT2D eigenvalue weighted by Crippen LogP contribution is -2.47. The van der Waals surface area contributed by atoms with Crippen molar-refractivity contribution in [2.75, 3.05) is 43.1 Å². The van der Waals surface area contributed by atoms with Gasteiger partial charge in [0.15, 0.2) is 0 Å². The van der Waals surface area contributed by atoms with E-state index in [0.29, 0.717) is 66.6 Å². The molecule has 0 spiro atoms. The molecule has 0 bridgehead atoms. The Labute approximate surface area is 304 Å². The van der Waals surface area contributed by atoms with Crippen LogP contribution in [0.15, 0.2) is 101 Å². The van der Waals surface area contributed by atoms with Crippen LogP contribution in [0.3, 0.4) is 0 Å². The lowest BCUT2D eigenvalue weighted by Gasteiger charge is -2.27. The first-order valence-electron chi connectivity index (χ1n) is 16.3. The summed E-state index contributed by atoms with van der Waals surface area (Å²) < 4.78 is 13.9. The van der Waals surface area contributed by atoms with E-state index in [2.05, 4.69) is 9.88 Å². The van der Waals surface area contributed by atoms with Gasteiger partial charge in [-0.2, -0.15) is 0 Å². The van der Waals surface area contributed by atoms with Crippen molar-refractivity contribution in [1.82, 2.24) is 14.5 Å². The molecule has 0 aliphatic carbocycles. The van der Waals surface area contributed by atoms with Gasteiger partial charge in [-0.3, -0.25) is 24.3 Å². The smallest absolute Gasteiger partial charge is 0.261 e. The van der Waals surface area contributed by atoms with Crippen LogP contribution < -0.4 is 20.1 Å². The molecule has 6 rings (SSSR count). The van der Waals surface area contributed by atoms with Crippen LogP contribution in [-0.2, 0) is 22.7 Å². The number of hydrogen-bond donors (Lipinski definition) is 0. The van der Waals surface area contributed by atoms with Crippen LogP contribution in [0.25, 0.3) is 22.3 Å². The number of aromatic nitrogens is 2. The first kappa shape index (κ1) is 38.2. The maximum Gasteiger partial charge on any atom is 0.261 e. The van der Waals surface area contributed by atoms with Crippen LogP contribution in [0.4, 0.5) is 11.4 Å². The monoisotopic (exact) mass is 719 g/mol. The fourth-order valence-corrected chi connectivity index (χ4v) is 6.21. The van der Waals surface area contributed by atoms with Crippen molar-refractivity contribution in [2.45, 2.75) is 40.3 Å². The van der Waals surface area contributed by atoms with E-state index in [1.165, 1.54) is 0 Å². The third-order valence-electron chi connectivity index (χ3n) is 8.95. The van der Waals surface area contributed by atoms with Crippen LogP contribution in [0, 0.1) is 5.41 Å². The highest BCUT2D eigenvalue weighted by molar-refractivity contribution is 6.20. The zero-order chi connectivity index (χ0) is 33.8. The van der Waals surface area contributed by atoms with E-state index in [4.69, 9.17) is 9.15 Å². The second-order valence-electron chi connectivity index (χ2n) is 12.6. The Hall–Kier alpha value is -4.64. The number of ether oxygens (including phenoxy) is 1. The Balaban J connectivity index is 0.00000281. The number of pyridine rings is 2. The minimum absolute atomic E-state index is 0. The quantitative estimate of drug-likeness (QED) is 0.103. The summed E-state index contributed by atoms with van der Waals surface area (Å²) in [5.41, 5.74) is 2.74. The fraction of sp³-hybridized carbons (Fsp3) is 0.316. The van der Waals surface area contributed by atoms with Crippen LogP contribution in [-0.4, -0.2) is 59.6 Å². The molecule has 3 aromatic heterocycles. The average Bonchev–Trinajstić information content (AvgIpc) is 3.54. The van der Waals surface area contributed by atoms with E-state index in [1.807, 2.05) is 79.7 Å². The van der Waals surface area contributed by atoms with Crippen LogP contribution in [0.2, 0.25) is 0 Å². The maximum atomic E-state index is 13.4. The molecule has 4 heterocycles. The summed E-state index contributed by atoms with van der Waals surface area (Å²) in [7, 11) is 1.70. The third-order valence-corrected chi connectivity index (χ3v) is 8.95. The Morgan fingerprint density at radius 2 is 1.62 bits per heavy atom. The molecule has 12 heteroatoms. The molecule has 0 saturated heterocycles. The van der Waals surface area contributed by atoms with E-state index in [9.17, 15) is 14.4 Å². The number of amides is 2. The topological polar surface area (TPSA) is 101 Å². The van der Waals surface area contributed by atoms with E-state index in [0.717, 1.165) is 24.1 Å². The fourth-order valence-electron chi connectivity index (χ4n) is 6.21. The number of halogens is 2. The zero-order valence-corrected chi connectivity index (χ0v) is 30.3. The van der Waals surface area contributed by atoms with Gasteiger partial charge in [0.25, 0.3) is 5.56 Å². The van der Waals surface area contributed by atoms with E-state index in [1.54, 1.807) is 53.9 Å². The normalized spacial score (nSPS) is 13.9. The third kappa shape index (κ3) is 7.88. The van der Waals surface area contributed by atoms with Crippen molar-refractivity contribution in [3.05, 3.63) is 107 Å². The van der Waals surface area contributed by atoms with Gasteiger partial charge < -0.3 is 23.5 Å².